The largest absolute Gasteiger partial charge is 0.341 e. The van der Waals surface area contributed by atoms with Gasteiger partial charge in [-0.15, -0.1) is 0 Å². The lowest BCUT2D eigenvalue weighted by atomic mass is 10.0. The van der Waals surface area contributed by atoms with Crippen LogP contribution in [0.4, 0.5) is 4.39 Å². The van der Waals surface area contributed by atoms with Gasteiger partial charge in [0.15, 0.2) is 0 Å². The Labute approximate surface area is 157 Å². The Morgan fingerprint density at radius 1 is 1.07 bits per heavy atom. The lowest BCUT2D eigenvalue weighted by Crippen LogP contribution is -2.39. The van der Waals surface area contributed by atoms with Crippen molar-refractivity contribution in [2.75, 3.05) is 6.54 Å². The maximum Gasteiger partial charge on any atom is 0.243 e. The number of sulfonamides is 1. The molecule has 1 fully saturated rings. The Morgan fingerprint density at radius 3 is 2.67 bits per heavy atom. The van der Waals surface area contributed by atoms with Gasteiger partial charge in [-0.1, -0.05) is 42.8 Å². The highest BCUT2D eigenvalue weighted by Gasteiger charge is 2.36. The van der Waals surface area contributed by atoms with Gasteiger partial charge in [-0.2, -0.15) is 4.31 Å². The van der Waals surface area contributed by atoms with Gasteiger partial charge in [0.05, 0.1) is 22.8 Å². The molecule has 1 atom stereocenters. The van der Waals surface area contributed by atoms with E-state index in [9.17, 15) is 12.8 Å². The number of hydrogen-bond donors (Lipinski definition) is 1. The van der Waals surface area contributed by atoms with Crippen LogP contribution >= 0.6 is 0 Å². The van der Waals surface area contributed by atoms with Crippen LogP contribution in [-0.2, 0) is 10.0 Å². The fourth-order valence-electron chi connectivity index (χ4n) is 3.50. The van der Waals surface area contributed by atoms with E-state index in [2.05, 4.69) is 9.97 Å². The summed E-state index contributed by atoms with van der Waals surface area (Å²) in [5.74, 6) is 0.0579. The second-order valence-electron chi connectivity index (χ2n) is 6.63. The second-order valence-corrected chi connectivity index (χ2v) is 8.52. The van der Waals surface area contributed by atoms with Gasteiger partial charge in [0.1, 0.15) is 11.6 Å². The Kier molecular flexibility index (Phi) is 4.80. The van der Waals surface area contributed by atoms with Gasteiger partial charge in [-0.3, -0.25) is 0 Å². The fourth-order valence-corrected chi connectivity index (χ4v) is 5.19. The van der Waals surface area contributed by atoms with Crippen LogP contribution in [0, 0.1) is 5.82 Å². The first-order chi connectivity index (χ1) is 13.1. The highest BCUT2D eigenvalue weighted by atomic mass is 32.2. The molecule has 27 heavy (non-hydrogen) atoms. The zero-order chi connectivity index (χ0) is 18.9. The van der Waals surface area contributed by atoms with Crippen LogP contribution in [-0.4, -0.2) is 29.2 Å². The molecule has 0 bridgehead atoms. The maximum atomic E-state index is 13.6. The summed E-state index contributed by atoms with van der Waals surface area (Å²) < 4.78 is 41.3. The van der Waals surface area contributed by atoms with Gasteiger partial charge in [0, 0.05) is 6.54 Å². The van der Waals surface area contributed by atoms with Crippen LogP contribution in [0.3, 0.4) is 0 Å². The normalized spacial score (nSPS) is 18.5. The Morgan fingerprint density at radius 2 is 1.89 bits per heavy atom. The number of H-pyrrole nitrogens is 1. The van der Waals surface area contributed by atoms with E-state index in [0.29, 0.717) is 18.8 Å². The molecule has 1 aromatic heterocycles. The van der Waals surface area contributed by atoms with E-state index in [4.69, 9.17) is 0 Å². The number of aromatic nitrogens is 2. The van der Waals surface area contributed by atoms with Crippen molar-refractivity contribution in [1.82, 2.24) is 14.3 Å². The summed E-state index contributed by atoms with van der Waals surface area (Å²) in [5.41, 5.74) is 1.84. The predicted molar refractivity (Wildman–Crippen MR) is 101 cm³/mol. The van der Waals surface area contributed by atoms with Gasteiger partial charge in [0.2, 0.25) is 10.0 Å². The average Bonchev–Trinajstić information content (AvgIpc) is 3.19. The minimum absolute atomic E-state index is 0.0239. The minimum atomic E-state index is -3.80. The van der Waals surface area contributed by atoms with Crippen LogP contribution < -0.4 is 0 Å². The number of halogens is 1. The zero-order valence-electron chi connectivity index (χ0n) is 14.7. The summed E-state index contributed by atoms with van der Waals surface area (Å²) in [6.45, 7) is 0.394. The number of nitrogens with zero attached hydrogens (tertiary/aromatic N) is 2. The monoisotopic (exact) mass is 385 g/mol. The number of piperidine rings is 1. The maximum absolute atomic E-state index is 13.6. The van der Waals surface area contributed by atoms with Crippen molar-refractivity contribution >= 4 is 10.0 Å². The molecular formula is C20H20FN3O2S. The molecular weight excluding hydrogens is 365 g/mol. The number of aromatic amines is 1. The van der Waals surface area contributed by atoms with Crippen molar-refractivity contribution in [3.63, 3.8) is 0 Å². The van der Waals surface area contributed by atoms with E-state index < -0.39 is 15.8 Å². The van der Waals surface area contributed by atoms with Crippen LogP contribution in [0.15, 0.2) is 65.7 Å². The van der Waals surface area contributed by atoms with Crippen molar-refractivity contribution in [2.24, 2.45) is 0 Å². The van der Waals surface area contributed by atoms with Gasteiger partial charge < -0.3 is 4.98 Å². The number of hydrogen-bond acceptors (Lipinski definition) is 3. The summed E-state index contributed by atoms with van der Waals surface area (Å²) >= 11 is 0. The molecule has 3 aromatic rings. The number of rotatable bonds is 4. The molecule has 0 aliphatic carbocycles. The molecule has 1 unspecified atom stereocenters. The quantitative estimate of drug-likeness (QED) is 0.734. The smallest absolute Gasteiger partial charge is 0.243 e. The lowest BCUT2D eigenvalue weighted by Gasteiger charge is -2.33. The average molecular weight is 385 g/mol. The van der Waals surface area contributed by atoms with Gasteiger partial charge >= 0.3 is 0 Å². The molecule has 1 aliphatic rings. The van der Waals surface area contributed by atoms with Crippen molar-refractivity contribution in [3.05, 3.63) is 72.4 Å². The van der Waals surface area contributed by atoms with Crippen molar-refractivity contribution in [2.45, 2.75) is 30.2 Å². The molecule has 1 saturated heterocycles. The summed E-state index contributed by atoms with van der Waals surface area (Å²) in [4.78, 5) is 7.70. The first-order valence-corrected chi connectivity index (χ1v) is 10.4. The third kappa shape index (κ3) is 3.52. The second kappa shape index (κ2) is 7.25. The van der Waals surface area contributed by atoms with Crippen LogP contribution in [0.1, 0.15) is 31.1 Å². The standard InChI is InChI=1S/C20H20FN3O2S/c21-16-9-6-10-17(13-16)27(25,26)24-12-5-4-11-19(24)20-22-14-18(23-20)15-7-2-1-3-8-15/h1-3,6-10,13-14,19H,4-5,11-12H2,(H,22,23). The van der Waals surface area contributed by atoms with Crippen molar-refractivity contribution < 1.29 is 12.8 Å². The van der Waals surface area contributed by atoms with Gasteiger partial charge in [0.25, 0.3) is 0 Å². The topological polar surface area (TPSA) is 66.1 Å². The third-order valence-electron chi connectivity index (χ3n) is 4.85. The molecule has 7 heteroatoms. The fraction of sp³-hybridized carbons (Fsp3) is 0.250. The third-order valence-corrected chi connectivity index (χ3v) is 6.76. The van der Waals surface area contributed by atoms with Crippen molar-refractivity contribution in [3.8, 4) is 11.3 Å². The van der Waals surface area contributed by atoms with Crippen LogP contribution in [0.5, 0.6) is 0 Å². The Balaban J connectivity index is 1.68. The molecule has 0 amide bonds. The molecule has 0 spiro atoms. The Bertz CT molecular complexity index is 1030. The molecule has 1 aliphatic heterocycles. The molecule has 140 valence electrons. The molecule has 1 N–H and O–H groups in total. The molecule has 4 rings (SSSR count). The predicted octanol–water partition coefficient (Wildman–Crippen LogP) is 4.13. The van der Waals surface area contributed by atoms with Crippen LogP contribution in [0.25, 0.3) is 11.3 Å². The Hall–Kier alpha value is -2.51. The van der Waals surface area contributed by atoms with Crippen molar-refractivity contribution in [1.29, 1.82) is 0 Å². The van der Waals surface area contributed by atoms with Gasteiger partial charge in [-0.25, -0.2) is 17.8 Å². The zero-order valence-corrected chi connectivity index (χ0v) is 15.5. The van der Waals surface area contributed by atoms with Crippen LogP contribution in [0.2, 0.25) is 0 Å². The summed E-state index contributed by atoms with van der Waals surface area (Å²) in [5, 5.41) is 0. The number of benzene rings is 2. The number of nitrogens with one attached hydrogen (secondary N) is 1. The summed E-state index contributed by atoms with van der Waals surface area (Å²) in [7, 11) is -3.80. The number of imidazole rings is 1. The van der Waals surface area contributed by atoms with E-state index in [1.807, 2.05) is 30.3 Å². The molecule has 2 heterocycles. The highest BCUT2D eigenvalue weighted by molar-refractivity contribution is 7.89. The SMILES string of the molecule is O=S(=O)(c1cccc(F)c1)N1CCCCC1c1ncc(-c2ccccc2)[nH]1. The molecule has 2 aromatic carbocycles. The van der Waals surface area contributed by atoms with E-state index in [1.165, 1.54) is 22.5 Å². The van der Waals surface area contributed by atoms with E-state index in [-0.39, 0.29) is 10.9 Å². The first-order valence-electron chi connectivity index (χ1n) is 8.93. The minimum Gasteiger partial charge on any atom is -0.341 e. The van der Waals surface area contributed by atoms with E-state index in [0.717, 1.165) is 30.2 Å². The highest BCUT2D eigenvalue weighted by Crippen LogP contribution is 2.35. The van der Waals surface area contributed by atoms with Gasteiger partial charge in [-0.05, 0) is 36.6 Å². The van der Waals surface area contributed by atoms with E-state index in [1.54, 1.807) is 6.20 Å². The first kappa shape index (κ1) is 17.9. The summed E-state index contributed by atoms with van der Waals surface area (Å²) in [6, 6.07) is 14.5. The lowest BCUT2D eigenvalue weighted by molar-refractivity contribution is 0.247. The summed E-state index contributed by atoms with van der Waals surface area (Å²) in [6.07, 6.45) is 4.10. The molecule has 0 saturated carbocycles. The molecule has 5 nitrogen and oxygen atoms in total. The molecule has 0 radical (unpaired) electrons. The van der Waals surface area contributed by atoms with E-state index >= 15 is 0 Å².